The van der Waals surface area contributed by atoms with Crippen LogP contribution in [0.2, 0.25) is 0 Å². The minimum atomic E-state index is -1.76. The summed E-state index contributed by atoms with van der Waals surface area (Å²) in [5, 5.41) is 48.6. The zero-order valence-corrected chi connectivity index (χ0v) is 18.0. The first-order valence-corrected chi connectivity index (χ1v) is 10.7. The molecule has 0 spiro atoms. The van der Waals surface area contributed by atoms with E-state index in [9.17, 15) is 25.2 Å². The van der Waals surface area contributed by atoms with Crippen LogP contribution in [-0.4, -0.2) is 62.2 Å². The highest BCUT2D eigenvalue weighted by molar-refractivity contribution is 5.73. The number of ether oxygens (including phenoxy) is 2. The fourth-order valence-corrected chi connectivity index (χ4v) is 4.30. The molecule has 5 N–H and O–H groups in total. The molecule has 0 amide bonds. The summed E-state index contributed by atoms with van der Waals surface area (Å²) in [6.07, 6.45) is -6.42. The van der Waals surface area contributed by atoms with E-state index in [4.69, 9.17) is 14.6 Å². The number of hydrogen-bond donors (Lipinski definition) is 5. The van der Waals surface area contributed by atoms with E-state index >= 15 is 0 Å². The number of hydrogen-bond acceptors (Lipinski definition) is 7. The summed E-state index contributed by atoms with van der Waals surface area (Å²) in [6, 6.07) is 14.5. The van der Waals surface area contributed by atoms with Crippen molar-refractivity contribution in [3.63, 3.8) is 0 Å². The van der Waals surface area contributed by atoms with Crippen LogP contribution in [0.25, 0.3) is 0 Å². The first-order valence-electron chi connectivity index (χ1n) is 10.7. The summed E-state index contributed by atoms with van der Waals surface area (Å²) in [7, 11) is 0. The number of carbonyl (C=O) groups is 1. The van der Waals surface area contributed by atoms with Gasteiger partial charge < -0.3 is 35.0 Å². The monoisotopic (exact) mass is 446 g/mol. The molecule has 1 fully saturated rings. The van der Waals surface area contributed by atoms with Crippen molar-refractivity contribution in [2.75, 3.05) is 0 Å². The van der Waals surface area contributed by atoms with Crippen LogP contribution in [0.15, 0.2) is 48.5 Å². The van der Waals surface area contributed by atoms with Crippen LogP contribution in [-0.2, 0) is 9.53 Å². The second kappa shape index (κ2) is 10.3. The first-order chi connectivity index (χ1) is 15.3. The van der Waals surface area contributed by atoms with E-state index in [1.54, 1.807) is 24.3 Å². The van der Waals surface area contributed by atoms with Crippen molar-refractivity contribution in [1.82, 2.24) is 0 Å². The SMILES string of the molecule is CC[C@H](c1ccc(O[C@@H]2O[C@H](C(=O)O)[C@@H](O)[C@H](O)[C@H]2O)cc1)[C@@H](CC)c1ccc(O)cc1. The van der Waals surface area contributed by atoms with E-state index in [1.165, 1.54) is 0 Å². The number of carboxylic acid groups (broad SMARTS) is 1. The van der Waals surface area contributed by atoms with E-state index in [-0.39, 0.29) is 17.6 Å². The van der Waals surface area contributed by atoms with Gasteiger partial charge in [0.05, 0.1) is 0 Å². The second-order valence-corrected chi connectivity index (χ2v) is 8.04. The van der Waals surface area contributed by atoms with Crippen LogP contribution in [0.3, 0.4) is 0 Å². The Bertz CT molecular complexity index is 882. The van der Waals surface area contributed by atoms with E-state index in [1.807, 2.05) is 24.3 Å². The van der Waals surface area contributed by atoms with E-state index in [2.05, 4.69) is 13.8 Å². The minimum Gasteiger partial charge on any atom is -0.508 e. The van der Waals surface area contributed by atoms with Crippen molar-refractivity contribution < 1.29 is 39.8 Å². The molecule has 2 aromatic rings. The van der Waals surface area contributed by atoms with Gasteiger partial charge in [0.15, 0.2) is 6.10 Å². The van der Waals surface area contributed by atoms with Gasteiger partial charge in [-0.05, 0) is 60.1 Å². The maximum absolute atomic E-state index is 11.2. The highest BCUT2D eigenvalue weighted by Crippen LogP contribution is 2.39. The number of aliphatic carboxylic acids is 1. The first kappa shape index (κ1) is 24.0. The highest BCUT2D eigenvalue weighted by atomic mass is 16.7. The Kier molecular flexibility index (Phi) is 7.73. The number of benzene rings is 2. The number of carboxylic acids is 1. The molecule has 3 rings (SSSR count). The van der Waals surface area contributed by atoms with E-state index in [0.717, 1.165) is 24.0 Å². The average molecular weight is 446 g/mol. The number of rotatable bonds is 8. The smallest absolute Gasteiger partial charge is 0.335 e. The standard InChI is InChI=1S/C24H30O8/c1-3-17(13-5-9-15(25)10-6-13)18(4-2)14-7-11-16(12-8-14)31-24-21(28)19(26)20(27)22(32-24)23(29)30/h5-12,17-22,24-28H,3-4H2,1-2H3,(H,29,30)/t17-,18+,19-,20-,21+,22-,24+/m0/s1. The third kappa shape index (κ3) is 5.05. The highest BCUT2D eigenvalue weighted by Gasteiger charge is 2.48. The number of phenolic OH excluding ortho intramolecular Hbond substituents is 1. The van der Waals surface area contributed by atoms with Crippen molar-refractivity contribution in [2.24, 2.45) is 0 Å². The zero-order valence-electron chi connectivity index (χ0n) is 18.0. The van der Waals surface area contributed by atoms with Gasteiger partial charge in [0.1, 0.15) is 29.8 Å². The lowest BCUT2D eigenvalue weighted by Gasteiger charge is -2.38. The van der Waals surface area contributed by atoms with Crippen LogP contribution in [0.4, 0.5) is 0 Å². The molecule has 174 valence electrons. The van der Waals surface area contributed by atoms with Crippen molar-refractivity contribution >= 4 is 5.97 Å². The van der Waals surface area contributed by atoms with Crippen molar-refractivity contribution in [3.8, 4) is 11.5 Å². The molecule has 0 saturated carbocycles. The fourth-order valence-electron chi connectivity index (χ4n) is 4.30. The molecule has 0 unspecified atom stereocenters. The molecule has 1 aliphatic heterocycles. The fraction of sp³-hybridized carbons (Fsp3) is 0.458. The minimum absolute atomic E-state index is 0.225. The molecular weight excluding hydrogens is 416 g/mol. The molecule has 32 heavy (non-hydrogen) atoms. The molecule has 0 aromatic heterocycles. The molecular formula is C24H30O8. The average Bonchev–Trinajstić information content (AvgIpc) is 2.79. The van der Waals surface area contributed by atoms with Gasteiger partial charge >= 0.3 is 5.97 Å². The van der Waals surface area contributed by atoms with Crippen LogP contribution in [0.5, 0.6) is 11.5 Å². The zero-order chi connectivity index (χ0) is 23.4. The Morgan fingerprint density at radius 2 is 1.38 bits per heavy atom. The van der Waals surface area contributed by atoms with Gasteiger partial charge in [0, 0.05) is 0 Å². The maximum Gasteiger partial charge on any atom is 0.335 e. The molecule has 1 heterocycles. The molecule has 2 aromatic carbocycles. The topological polar surface area (TPSA) is 137 Å². The molecule has 1 saturated heterocycles. The normalized spacial score (nSPS) is 27.5. The Morgan fingerprint density at radius 3 is 1.84 bits per heavy atom. The summed E-state index contributed by atoms with van der Waals surface area (Å²) in [5.41, 5.74) is 2.23. The predicted octanol–water partition coefficient (Wildman–Crippen LogP) is 2.35. The van der Waals surface area contributed by atoms with Crippen molar-refractivity contribution in [3.05, 3.63) is 59.7 Å². The molecule has 0 aliphatic carbocycles. The predicted molar refractivity (Wildman–Crippen MR) is 116 cm³/mol. The maximum atomic E-state index is 11.2. The van der Waals surface area contributed by atoms with Crippen LogP contribution < -0.4 is 4.74 Å². The number of phenols is 1. The molecule has 0 bridgehead atoms. The van der Waals surface area contributed by atoms with Gasteiger partial charge in [0.2, 0.25) is 6.29 Å². The van der Waals surface area contributed by atoms with Crippen molar-refractivity contribution in [1.29, 1.82) is 0 Å². The lowest BCUT2D eigenvalue weighted by atomic mass is 9.78. The van der Waals surface area contributed by atoms with Gasteiger partial charge in [-0.2, -0.15) is 0 Å². The van der Waals surface area contributed by atoms with Gasteiger partial charge in [0.25, 0.3) is 0 Å². The largest absolute Gasteiger partial charge is 0.508 e. The van der Waals surface area contributed by atoms with E-state index < -0.39 is 36.7 Å². The van der Waals surface area contributed by atoms with Gasteiger partial charge in [-0.1, -0.05) is 38.1 Å². The summed E-state index contributed by atoms with van der Waals surface area (Å²) < 4.78 is 10.8. The quantitative estimate of drug-likeness (QED) is 0.417. The Hall–Kier alpha value is -2.65. The second-order valence-electron chi connectivity index (χ2n) is 8.04. The lowest BCUT2D eigenvalue weighted by Crippen LogP contribution is -2.61. The van der Waals surface area contributed by atoms with Crippen molar-refractivity contribution in [2.45, 2.75) is 69.2 Å². The third-order valence-electron chi connectivity index (χ3n) is 6.06. The summed E-state index contributed by atoms with van der Waals surface area (Å²) in [5.74, 6) is -0.420. The summed E-state index contributed by atoms with van der Waals surface area (Å²) >= 11 is 0. The van der Waals surface area contributed by atoms with Crippen LogP contribution in [0.1, 0.15) is 49.7 Å². The number of aromatic hydroxyl groups is 1. The molecule has 8 nitrogen and oxygen atoms in total. The van der Waals surface area contributed by atoms with Gasteiger partial charge in [-0.15, -0.1) is 0 Å². The summed E-state index contributed by atoms with van der Waals surface area (Å²) in [4.78, 5) is 11.2. The number of aliphatic hydroxyl groups is 3. The Labute approximate surface area is 186 Å². The lowest BCUT2D eigenvalue weighted by molar-refractivity contribution is -0.271. The third-order valence-corrected chi connectivity index (χ3v) is 6.06. The molecule has 8 heteroatoms. The van der Waals surface area contributed by atoms with Gasteiger partial charge in [-0.25, -0.2) is 4.79 Å². The summed E-state index contributed by atoms with van der Waals surface area (Å²) in [6.45, 7) is 4.24. The molecule has 1 aliphatic rings. The molecule has 7 atom stereocenters. The number of aliphatic hydroxyl groups excluding tert-OH is 3. The van der Waals surface area contributed by atoms with Gasteiger partial charge in [-0.3, -0.25) is 0 Å². The Balaban J connectivity index is 1.75. The Morgan fingerprint density at radius 1 is 0.875 bits per heavy atom. The van der Waals surface area contributed by atoms with E-state index in [0.29, 0.717) is 5.75 Å². The molecule has 0 radical (unpaired) electrons. The van der Waals surface area contributed by atoms with Crippen LogP contribution in [0, 0.1) is 0 Å². The van der Waals surface area contributed by atoms with Crippen LogP contribution >= 0.6 is 0 Å².